The minimum Gasteiger partial charge on any atom is -0.497 e. The van der Waals surface area contributed by atoms with Crippen molar-refractivity contribution in [1.82, 2.24) is 14.5 Å². The van der Waals surface area contributed by atoms with Crippen LogP contribution in [0.25, 0.3) is 20.4 Å². The Balaban J connectivity index is 1.54. The smallest absolute Gasteiger partial charge is 0.272 e. The van der Waals surface area contributed by atoms with Crippen molar-refractivity contribution in [3.8, 4) is 5.75 Å². The second-order valence-electron chi connectivity index (χ2n) is 7.49. The topological polar surface area (TPSA) is 74.1 Å². The molecule has 5 aromatic rings. The Hall–Kier alpha value is -3.20. The zero-order chi connectivity index (χ0) is 23.7. The number of thioether (sulfide) groups is 1. The van der Waals surface area contributed by atoms with Crippen LogP contribution in [0.2, 0.25) is 5.02 Å². The number of ketones is 1. The molecule has 0 bridgehead atoms. The van der Waals surface area contributed by atoms with Crippen molar-refractivity contribution in [3.63, 3.8) is 0 Å². The molecule has 170 valence electrons. The molecule has 5 rings (SSSR count). The Labute approximate surface area is 208 Å². The number of thiophene rings is 1. The number of rotatable bonds is 7. The molecule has 0 atom stereocenters. The average Bonchev–Trinajstić information content (AvgIpc) is 3.24. The molecular weight excluding hydrogens is 490 g/mol. The average molecular weight is 508 g/mol. The second kappa shape index (κ2) is 9.58. The molecule has 3 heterocycles. The molecule has 0 spiro atoms. The molecule has 0 aliphatic rings. The third kappa shape index (κ3) is 4.44. The maximum Gasteiger partial charge on any atom is 0.272 e. The maximum absolute atomic E-state index is 13.5. The zero-order valence-corrected chi connectivity index (χ0v) is 20.4. The van der Waals surface area contributed by atoms with Crippen LogP contribution in [0.3, 0.4) is 0 Å². The summed E-state index contributed by atoms with van der Waals surface area (Å²) in [5.41, 5.74) is 1.95. The first kappa shape index (κ1) is 22.6. The summed E-state index contributed by atoms with van der Waals surface area (Å²) in [6.07, 6.45) is 1.70. The minimum absolute atomic E-state index is 0.0584. The van der Waals surface area contributed by atoms with E-state index in [9.17, 15) is 9.59 Å². The number of methoxy groups -OCH3 is 1. The first-order valence-corrected chi connectivity index (χ1v) is 12.5. The number of hydrogen-bond donors (Lipinski definition) is 0. The summed E-state index contributed by atoms with van der Waals surface area (Å²) in [4.78, 5) is 36.4. The molecule has 6 nitrogen and oxygen atoms in total. The van der Waals surface area contributed by atoms with E-state index in [2.05, 4.69) is 4.98 Å². The molecule has 0 radical (unpaired) electrons. The van der Waals surface area contributed by atoms with Crippen LogP contribution >= 0.6 is 34.7 Å². The number of nitrogens with zero attached hydrogens (tertiary/aromatic N) is 3. The van der Waals surface area contributed by atoms with Crippen LogP contribution in [0, 0.1) is 0 Å². The standard InChI is InChI=1S/C25H18ClN3O3S2/c1-32-18-10-6-16(7-11-18)20(30)14-33-25-28-21-19-3-2-12-27-23(19)34-22(21)24(31)29(25)13-15-4-8-17(26)9-5-15/h2-12H,13-14H2,1H3. The van der Waals surface area contributed by atoms with Gasteiger partial charge in [0.2, 0.25) is 0 Å². The summed E-state index contributed by atoms with van der Waals surface area (Å²) < 4.78 is 7.33. The quantitative estimate of drug-likeness (QED) is 0.160. The van der Waals surface area contributed by atoms with Crippen molar-refractivity contribution in [2.45, 2.75) is 11.7 Å². The van der Waals surface area contributed by atoms with Crippen molar-refractivity contribution in [2.24, 2.45) is 0 Å². The van der Waals surface area contributed by atoms with Gasteiger partial charge >= 0.3 is 0 Å². The Bertz CT molecular complexity index is 1560. The highest BCUT2D eigenvalue weighted by molar-refractivity contribution is 7.99. The van der Waals surface area contributed by atoms with Crippen molar-refractivity contribution < 1.29 is 9.53 Å². The summed E-state index contributed by atoms with van der Waals surface area (Å²) in [6.45, 7) is 0.319. The monoisotopic (exact) mass is 507 g/mol. The van der Waals surface area contributed by atoms with E-state index in [1.54, 1.807) is 54.3 Å². The minimum atomic E-state index is -0.151. The van der Waals surface area contributed by atoms with Crippen molar-refractivity contribution in [1.29, 1.82) is 0 Å². The predicted octanol–water partition coefficient (Wildman–Crippen LogP) is 5.69. The molecule has 0 N–H and O–H groups in total. The molecule has 0 saturated heterocycles. The summed E-state index contributed by atoms with van der Waals surface area (Å²) in [6, 6.07) is 18.0. The molecular formula is C25H18ClN3O3S2. The van der Waals surface area contributed by atoms with E-state index in [1.807, 2.05) is 24.3 Å². The number of Topliss-reactive ketones (excluding diaryl/α,β-unsaturated/α-hetero) is 1. The predicted molar refractivity (Wildman–Crippen MR) is 138 cm³/mol. The molecule has 2 aromatic carbocycles. The lowest BCUT2D eigenvalue weighted by molar-refractivity contribution is 0.102. The summed E-state index contributed by atoms with van der Waals surface area (Å²) in [7, 11) is 1.58. The molecule has 0 fully saturated rings. The number of fused-ring (bicyclic) bond motifs is 3. The molecule has 34 heavy (non-hydrogen) atoms. The highest BCUT2D eigenvalue weighted by Crippen LogP contribution is 2.31. The largest absolute Gasteiger partial charge is 0.497 e. The van der Waals surface area contributed by atoms with E-state index in [0.717, 1.165) is 15.8 Å². The molecule has 9 heteroatoms. The fourth-order valence-corrected chi connectivity index (χ4v) is 5.60. The fraction of sp³-hybridized carbons (Fsp3) is 0.120. The molecule has 0 amide bonds. The number of carbonyl (C=O) groups excluding carboxylic acids is 1. The Morgan fingerprint density at radius 1 is 1.12 bits per heavy atom. The van der Waals surface area contributed by atoms with Gasteiger partial charge in [-0.05, 0) is 54.1 Å². The van der Waals surface area contributed by atoms with Gasteiger partial charge in [-0.15, -0.1) is 11.3 Å². The molecule has 0 aliphatic heterocycles. The normalized spacial score (nSPS) is 11.2. The van der Waals surface area contributed by atoms with Gasteiger partial charge in [-0.1, -0.05) is 35.5 Å². The first-order valence-electron chi connectivity index (χ1n) is 10.4. The van der Waals surface area contributed by atoms with Crippen LogP contribution in [-0.2, 0) is 6.54 Å². The number of aromatic nitrogens is 3. The lowest BCUT2D eigenvalue weighted by Crippen LogP contribution is -2.23. The lowest BCUT2D eigenvalue weighted by Gasteiger charge is -2.12. The van der Waals surface area contributed by atoms with E-state index in [4.69, 9.17) is 21.3 Å². The summed E-state index contributed by atoms with van der Waals surface area (Å²) >= 11 is 8.61. The van der Waals surface area contributed by atoms with E-state index < -0.39 is 0 Å². The fourth-order valence-electron chi connectivity index (χ4n) is 3.55. The SMILES string of the molecule is COc1ccc(C(=O)CSc2nc3c(sc4ncccc43)c(=O)n2Cc2ccc(Cl)cc2)cc1. The van der Waals surface area contributed by atoms with Gasteiger partial charge in [0.1, 0.15) is 15.3 Å². The van der Waals surface area contributed by atoms with Crippen LogP contribution in [0.5, 0.6) is 5.75 Å². The first-order chi connectivity index (χ1) is 16.5. The van der Waals surface area contributed by atoms with Gasteiger partial charge in [0.05, 0.1) is 24.9 Å². The van der Waals surface area contributed by atoms with Gasteiger partial charge in [0.15, 0.2) is 10.9 Å². The van der Waals surface area contributed by atoms with Gasteiger partial charge in [0.25, 0.3) is 5.56 Å². The Morgan fingerprint density at radius 3 is 2.62 bits per heavy atom. The van der Waals surface area contributed by atoms with Crippen molar-refractivity contribution in [2.75, 3.05) is 12.9 Å². The van der Waals surface area contributed by atoms with Crippen LogP contribution in [0.15, 0.2) is 76.8 Å². The van der Waals surface area contributed by atoms with Gasteiger partial charge < -0.3 is 4.74 Å². The Morgan fingerprint density at radius 2 is 1.88 bits per heavy atom. The molecule has 3 aromatic heterocycles. The number of carbonyl (C=O) groups is 1. The Kier molecular flexibility index (Phi) is 6.36. The van der Waals surface area contributed by atoms with Gasteiger partial charge in [-0.2, -0.15) is 0 Å². The van der Waals surface area contributed by atoms with Gasteiger partial charge in [0, 0.05) is 22.2 Å². The number of hydrogen-bond acceptors (Lipinski definition) is 7. The van der Waals surface area contributed by atoms with Crippen molar-refractivity contribution in [3.05, 3.63) is 93.4 Å². The van der Waals surface area contributed by atoms with Crippen LogP contribution in [0.1, 0.15) is 15.9 Å². The number of halogens is 1. The molecule has 0 unspecified atom stereocenters. The number of benzene rings is 2. The van der Waals surface area contributed by atoms with E-state index in [0.29, 0.717) is 38.3 Å². The molecule has 0 saturated carbocycles. The lowest BCUT2D eigenvalue weighted by atomic mass is 10.1. The van der Waals surface area contributed by atoms with E-state index >= 15 is 0 Å². The maximum atomic E-state index is 13.5. The second-order valence-corrected chi connectivity index (χ2v) is 9.87. The summed E-state index contributed by atoms with van der Waals surface area (Å²) in [5, 5.41) is 1.94. The third-order valence-electron chi connectivity index (χ3n) is 5.32. The number of ether oxygens (including phenoxy) is 1. The highest BCUT2D eigenvalue weighted by atomic mass is 35.5. The highest BCUT2D eigenvalue weighted by Gasteiger charge is 2.18. The number of pyridine rings is 1. The molecule has 0 aliphatic carbocycles. The van der Waals surface area contributed by atoms with Crippen molar-refractivity contribution >= 4 is 60.9 Å². The summed E-state index contributed by atoms with van der Waals surface area (Å²) in [5.74, 6) is 0.772. The van der Waals surface area contributed by atoms with Crippen LogP contribution in [0.4, 0.5) is 0 Å². The van der Waals surface area contributed by atoms with Crippen LogP contribution in [-0.4, -0.2) is 33.2 Å². The van der Waals surface area contributed by atoms with Gasteiger partial charge in [-0.25, -0.2) is 9.97 Å². The van der Waals surface area contributed by atoms with E-state index in [-0.39, 0.29) is 17.1 Å². The zero-order valence-electron chi connectivity index (χ0n) is 18.0. The van der Waals surface area contributed by atoms with Gasteiger partial charge in [-0.3, -0.25) is 14.2 Å². The third-order valence-corrected chi connectivity index (χ3v) is 7.64. The van der Waals surface area contributed by atoms with E-state index in [1.165, 1.54) is 23.1 Å². The van der Waals surface area contributed by atoms with Crippen LogP contribution < -0.4 is 10.3 Å².